The van der Waals surface area contributed by atoms with Crippen molar-refractivity contribution in [2.24, 2.45) is 46.3 Å². The van der Waals surface area contributed by atoms with Crippen molar-refractivity contribution in [3.8, 4) is 0 Å². The van der Waals surface area contributed by atoms with E-state index in [0.29, 0.717) is 23.2 Å². The monoisotopic (exact) mass is 755 g/mol. The zero-order valence-corrected chi connectivity index (χ0v) is 37.1. The van der Waals surface area contributed by atoms with Crippen LogP contribution in [-0.2, 0) is 4.79 Å². The number of nitrogens with one attached hydrogen (secondary N) is 1. The number of nitrogens with zero attached hydrogens (tertiary/aromatic N) is 1. The van der Waals surface area contributed by atoms with Crippen molar-refractivity contribution in [3.05, 3.63) is 0 Å². The number of rotatable bonds is 29. The molecule has 4 nitrogen and oxygen atoms in total. The van der Waals surface area contributed by atoms with Crippen LogP contribution in [-0.4, -0.2) is 48.2 Å². The number of hydrogen-bond acceptors (Lipinski definition) is 3. The molecule has 0 aromatic carbocycles. The fourth-order valence-corrected chi connectivity index (χ4v) is 13.2. The molecule has 4 rings (SSSR count). The second-order valence-corrected chi connectivity index (χ2v) is 20.4. The minimum atomic E-state index is -0.0509. The molecule has 0 aliphatic heterocycles. The molecule has 0 bridgehead atoms. The van der Waals surface area contributed by atoms with Crippen LogP contribution in [0.15, 0.2) is 0 Å². The molecular formula is C50H94N2O2. The maximum absolute atomic E-state index is 13.2. The number of fused-ring (bicyclic) bond motifs is 5. The zero-order chi connectivity index (χ0) is 38.7. The molecule has 4 fully saturated rings. The minimum absolute atomic E-state index is 0.0509. The number of aliphatic hydroxyl groups excluding tert-OH is 1. The van der Waals surface area contributed by atoms with Gasteiger partial charge in [-0.15, -0.1) is 0 Å². The first-order chi connectivity index (χ1) is 26.2. The standard InChI is InChI=1S/C50H94N2O2/c1-6-8-10-12-14-16-18-20-22-24-37-52(38-25-23-21-19-17-15-13-11-9-7-2)39-36-51-48(54)31-26-41(3)45-29-30-46-44-28-27-42-40-43(53)32-34-49(42,4)47(44)33-35-50(45,46)5/h41-47,53H,6-40H2,1-5H3,(H,51,54)/t41-,42?,43-,44+,45-,46+,47+,49+,50-/m1/s1. The topological polar surface area (TPSA) is 52.6 Å². The van der Waals surface area contributed by atoms with Crippen molar-refractivity contribution in [3.63, 3.8) is 0 Å². The van der Waals surface area contributed by atoms with E-state index >= 15 is 0 Å². The first kappa shape index (κ1) is 46.1. The smallest absolute Gasteiger partial charge is 0.220 e. The van der Waals surface area contributed by atoms with Crippen LogP contribution in [0.2, 0.25) is 0 Å². The Morgan fingerprint density at radius 1 is 0.648 bits per heavy atom. The van der Waals surface area contributed by atoms with Crippen LogP contribution >= 0.6 is 0 Å². The van der Waals surface area contributed by atoms with E-state index in [1.165, 1.54) is 186 Å². The third-order valence-electron chi connectivity index (χ3n) is 16.6. The summed E-state index contributed by atoms with van der Waals surface area (Å²) in [6, 6.07) is 0. The fraction of sp³-hybridized carbons (Fsp3) is 0.980. The zero-order valence-electron chi connectivity index (χ0n) is 37.1. The molecule has 4 saturated carbocycles. The molecule has 316 valence electrons. The van der Waals surface area contributed by atoms with E-state index in [0.717, 1.165) is 61.9 Å². The quantitative estimate of drug-likeness (QED) is 0.0748. The summed E-state index contributed by atoms with van der Waals surface area (Å²) in [6.45, 7) is 16.6. The summed E-state index contributed by atoms with van der Waals surface area (Å²) in [4.78, 5) is 15.9. The van der Waals surface area contributed by atoms with Gasteiger partial charge < -0.3 is 15.3 Å². The molecule has 0 saturated heterocycles. The summed E-state index contributed by atoms with van der Waals surface area (Å²) in [5.41, 5.74) is 0.916. The van der Waals surface area contributed by atoms with Crippen LogP contribution in [0.25, 0.3) is 0 Å². The molecular weight excluding hydrogens is 661 g/mol. The maximum Gasteiger partial charge on any atom is 0.220 e. The second-order valence-electron chi connectivity index (χ2n) is 20.4. The number of hydrogen-bond donors (Lipinski definition) is 2. The summed E-state index contributed by atoms with van der Waals surface area (Å²) in [5.74, 6) is 5.07. The largest absolute Gasteiger partial charge is 0.393 e. The third kappa shape index (κ3) is 14.0. The van der Waals surface area contributed by atoms with E-state index in [1.54, 1.807) is 0 Å². The van der Waals surface area contributed by atoms with Gasteiger partial charge >= 0.3 is 0 Å². The van der Waals surface area contributed by atoms with Crippen LogP contribution in [0.4, 0.5) is 0 Å². The van der Waals surface area contributed by atoms with Gasteiger partial charge in [0.2, 0.25) is 5.91 Å². The Morgan fingerprint density at radius 3 is 1.74 bits per heavy atom. The third-order valence-corrected chi connectivity index (χ3v) is 16.6. The highest BCUT2D eigenvalue weighted by Gasteiger charge is 2.60. The van der Waals surface area contributed by atoms with Gasteiger partial charge in [-0.25, -0.2) is 0 Å². The first-order valence-electron chi connectivity index (χ1n) is 24.9. The van der Waals surface area contributed by atoms with Gasteiger partial charge in [0.1, 0.15) is 0 Å². The van der Waals surface area contributed by atoms with Gasteiger partial charge in [0.05, 0.1) is 6.10 Å². The Balaban J connectivity index is 1.14. The highest BCUT2D eigenvalue weighted by Crippen LogP contribution is 2.68. The predicted molar refractivity (Wildman–Crippen MR) is 233 cm³/mol. The summed E-state index contributed by atoms with van der Waals surface area (Å²) < 4.78 is 0. The molecule has 0 spiro atoms. The normalized spacial score (nSPS) is 31.2. The van der Waals surface area contributed by atoms with Crippen molar-refractivity contribution in [1.29, 1.82) is 0 Å². The average molecular weight is 755 g/mol. The van der Waals surface area contributed by atoms with E-state index in [4.69, 9.17) is 0 Å². The number of aliphatic hydroxyl groups is 1. The van der Waals surface area contributed by atoms with Crippen LogP contribution in [0, 0.1) is 46.3 Å². The molecule has 4 heteroatoms. The Morgan fingerprint density at radius 2 is 1.17 bits per heavy atom. The summed E-state index contributed by atoms with van der Waals surface area (Å²) >= 11 is 0. The van der Waals surface area contributed by atoms with Gasteiger partial charge in [0, 0.05) is 19.5 Å². The van der Waals surface area contributed by atoms with Crippen LogP contribution in [0.5, 0.6) is 0 Å². The van der Waals surface area contributed by atoms with E-state index in [2.05, 4.69) is 44.8 Å². The van der Waals surface area contributed by atoms with Gasteiger partial charge in [0.15, 0.2) is 0 Å². The van der Waals surface area contributed by atoms with Crippen molar-refractivity contribution >= 4 is 5.91 Å². The summed E-state index contributed by atoms with van der Waals surface area (Å²) in [7, 11) is 0. The van der Waals surface area contributed by atoms with E-state index < -0.39 is 0 Å². The van der Waals surface area contributed by atoms with Crippen LogP contribution in [0.3, 0.4) is 0 Å². The molecule has 4 aliphatic rings. The SMILES string of the molecule is CCCCCCCCCCCCN(CCCCCCCCCCCC)CCNC(=O)CC[C@@H](C)[C@H]1CC[C@H]2[C@@H]3CCC4C[C@H](O)CC[C@]4(C)[C@H]3CC[C@]12C. The molecule has 54 heavy (non-hydrogen) atoms. The lowest BCUT2D eigenvalue weighted by Gasteiger charge is -2.61. The summed E-state index contributed by atoms with van der Waals surface area (Å²) in [6.07, 6.45) is 41.2. The highest BCUT2D eigenvalue weighted by atomic mass is 16.3. The lowest BCUT2D eigenvalue weighted by Crippen LogP contribution is -2.54. The van der Waals surface area contributed by atoms with Crippen molar-refractivity contribution in [1.82, 2.24) is 10.2 Å². The van der Waals surface area contributed by atoms with Gasteiger partial charge in [-0.2, -0.15) is 0 Å². The highest BCUT2D eigenvalue weighted by molar-refractivity contribution is 5.75. The second kappa shape index (κ2) is 25.0. The van der Waals surface area contributed by atoms with Crippen molar-refractivity contribution < 1.29 is 9.90 Å². The number of carbonyl (C=O) groups excluding carboxylic acids is 1. The molecule has 1 amide bonds. The number of unbranched alkanes of at least 4 members (excludes halogenated alkanes) is 18. The van der Waals surface area contributed by atoms with Gasteiger partial charge in [-0.1, -0.05) is 150 Å². The fourth-order valence-electron chi connectivity index (χ4n) is 13.2. The van der Waals surface area contributed by atoms with Crippen LogP contribution in [0.1, 0.15) is 234 Å². The minimum Gasteiger partial charge on any atom is -0.393 e. The molecule has 9 atom stereocenters. The maximum atomic E-state index is 13.2. The van der Waals surface area contributed by atoms with E-state index in [9.17, 15) is 9.90 Å². The predicted octanol–water partition coefficient (Wildman–Crippen LogP) is 13.7. The lowest BCUT2D eigenvalue weighted by atomic mass is 9.44. The van der Waals surface area contributed by atoms with E-state index in [1.807, 2.05) is 0 Å². The van der Waals surface area contributed by atoms with Gasteiger partial charge in [-0.05, 0) is 136 Å². The molecule has 0 aromatic heterocycles. The van der Waals surface area contributed by atoms with Gasteiger partial charge in [-0.3, -0.25) is 4.79 Å². The first-order valence-corrected chi connectivity index (χ1v) is 24.9. The Hall–Kier alpha value is -0.610. The number of amides is 1. The Kier molecular flexibility index (Phi) is 21.3. The van der Waals surface area contributed by atoms with Gasteiger partial charge in [0.25, 0.3) is 0 Å². The molecule has 0 heterocycles. The lowest BCUT2D eigenvalue weighted by molar-refractivity contribution is -0.129. The molecule has 2 N–H and O–H groups in total. The molecule has 0 radical (unpaired) electrons. The van der Waals surface area contributed by atoms with E-state index in [-0.39, 0.29) is 12.0 Å². The van der Waals surface area contributed by atoms with Crippen molar-refractivity contribution in [2.75, 3.05) is 26.2 Å². The summed E-state index contributed by atoms with van der Waals surface area (Å²) in [5, 5.41) is 13.8. The molecule has 1 unspecified atom stereocenters. The molecule has 0 aromatic rings. The number of carbonyl (C=O) groups is 1. The van der Waals surface area contributed by atoms with Crippen LogP contribution < -0.4 is 5.32 Å². The average Bonchev–Trinajstić information content (AvgIpc) is 3.52. The Bertz CT molecular complexity index is 977. The Labute approximate surface area is 337 Å². The molecule has 4 aliphatic carbocycles. The van der Waals surface area contributed by atoms with Crippen molar-refractivity contribution in [2.45, 2.75) is 240 Å².